The zero-order valence-electron chi connectivity index (χ0n) is 13.1. The minimum Gasteiger partial charge on any atom is -0.381 e. The van der Waals surface area contributed by atoms with E-state index in [1.54, 1.807) is 0 Å². The van der Waals surface area contributed by atoms with Crippen LogP contribution in [0.3, 0.4) is 0 Å². The molecule has 2 aliphatic rings. The van der Waals surface area contributed by atoms with E-state index in [0.717, 1.165) is 56.5 Å². The van der Waals surface area contributed by atoms with Gasteiger partial charge in [0, 0.05) is 26.3 Å². The first-order valence-corrected chi connectivity index (χ1v) is 8.43. The van der Waals surface area contributed by atoms with E-state index in [0.29, 0.717) is 0 Å². The van der Waals surface area contributed by atoms with Gasteiger partial charge < -0.3 is 15.4 Å². The molecule has 0 unspecified atom stereocenters. The van der Waals surface area contributed by atoms with Gasteiger partial charge in [0.25, 0.3) is 0 Å². The van der Waals surface area contributed by atoms with Crippen LogP contribution in [0.25, 0.3) is 0 Å². The summed E-state index contributed by atoms with van der Waals surface area (Å²) in [4.78, 5) is 14.5. The molecule has 2 N–H and O–H groups in total. The molecule has 4 heteroatoms. The Balaban J connectivity index is 1.53. The second-order valence-electron chi connectivity index (χ2n) is 6.50. The van der Waals surface area contributed by atoms with Crippen molar-refractivity contribution in [1.82, 2.24) is 4.90 Å². The molecule has 2 aliphatic heterocycles. The molecule has 120 valence electrons. The number of carbonyl (C=O) groups excluding carboxylic acids is 1. The Morgan fingerprint density at radius 3 is 2.27 bits per heavy atom. The Kier molecular flexibility index (Phi) is 5.11. The maximum absolute atomic E-state index is 12.6. The van der Waals surface area contributed by atoms with E-state index in [9.17, 15) is 4.79 Å². The van der Waals surface area contributed by atoms with E-state index in [1.807, 2.05) is 35.2 Å². The molecule has 0 aromatic heterocycles. The van der Waals surface area contributed by atoms with Crippen LogP contribution in [-0.4, -0.2) is 37.1 Å². The number of rotatable bonds is 3. The molecule has 1 aromatic carbocycles. The average Bonchev–Trinajstić information content (AvgIpc) is 2.62. The van der Waals surface area contributed by atoms with Gasteiger partial charge in [-0.3, -0.25) is 4.79 Å². The zero-order chi connectivity index (χ0) is 15.4. The van der Waals surface area contributed by atoms with Crippen molar-refractivity contribution in [2.75, 3.05) is 26.3 Å². The second kappa shape index (κ2) is 7.25. The zero-order valence-corrected chi connectivity index (χ0v) is 13.1. The predicted octanol–water partition coefficient (Wildman–Crippen LogP) is 2.35. The number of hydrogen-bond acceptors (Lipinski definition) is 3. The number of amides is 1. The third kappa shape index (κ3) is 3.50. The number of hydrogen-bond donors (Lipinski definition) is 1. The Labute approximate surface area is 132 Å². The first-order chi connectivity index (χ1) is 10.8. The topological polar surface area (TPSA) is 55.6 Å². The van der Waals surface area contributed by atoms with Gasteiger partial charge in [0.05, 0.1) is 0 Å². The largest absolute Gasteiger partial charge is 0.381 e. The van der Waals surface area contributed by atoms with Crippen molar-refractivity contribution in [3.05, 3.63) is 35.9 Å². The van der Waals surface area contributed by atoms with Crippen molar-refractivity contribution < 1.29 is 9.53 Å². The van der Waals surface area contributed by atoms with E-state index in [4.69, 9.17) is 10.5 Å². The van der Waals surface area contributed by atoms with Crippen LogP contribution in [0.1, 0.15) is 37.3 Å². The van der Waals surface area contributed by atoms with Crippen LogP contribution >= 0.6 is 0 Å². The SMILES string of the molecule is N[C@H](C(=O)N1CCC(C2CCOCC2)CC1)c1ccccc1. The normalized spacial score (nSPS) is 22.5. The van der Waals surface area contributed by atoms with Gasteiger partial charge in [0.1, 0.15) is 6.04 Å². The lowest BCUT2D eigenvalue weighted by Crippen LogP contribution is -2.44. The van der Waals surface area contributed by atoms with Crippen LogP contribution in [0.15, 0.2) is 30.3 Å². The summed E-state index contributed by atoms with van der Waals surface area (Å²) in [5.74, 6) is 1.60. The van der Waals surface area contributed by atoms with Crippen LogP contribution in [0.4, 0.5) is 0 Å². The van der Waals surface area contributed by atoms with Gasteiger partial charge in [-0.15, -0.1) is 0 Å². The highest BCUT2D eigenvalue weighted by Gasteiger charge is 2.31. The molecule has 1 amide bonds. The summed E-state index contributed by atoms with van der Waals surface area (Å²) in [6.07, 6.45) is 4.58. The van der Waals surface area contributed by atoms with Crippen LogP contribution in [0.5, 0.6) is 0 Å². The Morgan fingerprint density at radius 2 is 1.64 bits per heavy atom. The summed E-state index contributed by atoms with van der Waals surface area (Å²) >= 11 is 0. The fraction of sp³-hybridized carbons (Fsp3) is 0.611. The lowest BCUT2D eigenvalue weighted by atomic mass is 9.80. The van der Waals surface area contributed by atoms with Gasteiger partial charge in [-0.1, -0.05) is 30.3 Å². The number of piperidine rings is 1. The number of benzene rings is 1. The smallest absolute Gasteiger partial charge is 0.244 e. The van der Waals surface area contributed by atoms with Crippen LogP contribution in [-0.2, 0) is 9.53 Å². The number of nitrogens with zero attached hydrogens (tertiary/aromatic N) is 1. The molecule has 2 fully saturated rings. The number of nitrogens with two attached hydrogens (primary N) is 1. The maximum Gasteiger partial charge on any atom is 0.244 e. The number of ether oxygens (including phenoxy) is 1. The maximum atomic E-state index is 12.6. The average molecular weight is 302 g/mol. The molecular formula is C18H26N2O2. The Morgan fingerprint density at radius 1 is 1.05 bits per heavy atom. The Bertz CT molecular complexity index is 477. The van der Waals surface area contributed by atoms with Crippen molar-refractivity contribution in [1.29, 1.82) is 0 Å². The summed E-state index contributed by atoms with van der Waals surface area (Å²) < 4.78 is 5.45. The molecule has 0 bridgehead atoms. The molecule has 0 saturated carbocycles. The molecule has 2 saturated heterocycles. The monoisotopic (exact) mass is 302 g/mol. The van der Waals surface area contributed by atoms with Gasteiger partial charge in [-0.25, -0.2) is 0 Å². The van der Waals surface area contributed by atoms with E-state index in [1.165, 1.54) is 12.8 Å². The van der Waals surface area contributed by atoms with Crippen molar-refractivity contribution in [3.63, 3.8) is 0 Å². The van der Waals surface area contributed by atoms with Crippen molar-refractivity contribution in [2.24, 2.45) is 17.6 Å². The first kappa shape index (κ1) is 15.5. The molecule has 0 spiro atoms. The third-order valence-electron chi connectivity index (χ3n) is 5.21. The van der Waals surface area contributed by atoms with Gasteiger partial charge in [-0.05, 0) is 43.1 Å². The highest BCUT2D eigenvalue weighted by molar-refractivity contribution is 5.83. The lowest BCUT2D eigenvalue weighted by Gasteiger charge is -2.38. The van der Waals surface area contributed by atoms with Gasteiger partial charge >= 0.3 is 0 Å². The molecule has 0 radical (unpaired) electrons. The highest BCUT2D eigenvalue weighted by Crippen LogP contribution is 2.32. The van der Waals surface area contributed by atoms with Gasteiger partial charge in [0.2, 0.25) is 5.91 Å². The summed E-state index contributed by atoms with van der Waals surface area (Å²) in [5.41, 5.74) is 7.04. The van der Waals surface area contributed by atoms with Crippen LogP contribution in [0.2, 0.25) is 0 Å². The summed E-state index contributed by atoms with van der Waals surface area (Å²) in [6.45, 7) is 3.51. The minimum absolute atomic E-state index is 0.0663. The quantitative estimate of drug-likeness (QED) is 0.932. The molecule has 1 aromatic rings. The summed E-state index contributed by atoms with van der Waals surface area (Å²) in [7, 11) is 0. The molecule has 1 atom stereocenters. The van der Waals surface area contributed by atoms with Gasteiger partial charge in [0.15, 0.2) is 0 Å². The second-order valence-corrected chi connectivity index (χ2v) is 6.50. The number of likely N-dealkylation sites (tertiary alicyclic amines) is 1. The minimum atomic E-state index is -0.527. The molecule has 2 heterocycles. The highest BCUT2D eigenvalue weighted by atomic mass is 16.5. The molecule has 0 aliphatic carbocycles. The van der Waals surface area contributed by atoms with E-state index in [-0.39, 0.29) is 5.91 Å². The fourth-order valence-corrected chi connectivity index (χ4v) is 3.78. The van der Waals surface area contributed by atoms with Crippen molar-refractivity contribution in [2.45, 2.75) is 31.7 Å². The standard InChI is InChI=1S/C18H26N2O2/c19-17(16-4-2-1-3-5-16)18(21)20-10-6-14(7-11-20)15-8-12-22-13-9-15/h1-5,14-15,17H,6-13,19H2/t17-/m0/s1. The Hall–Kier alpha value is -1.39. The van der Waals surface area contributed by atoms with Crippen molar-refractivity contribution in [3.8, 4) is 0 Å². The van der Waals surface area contributed by atoms with E-state index in [2.05, 4.69) is 0 Å². The van der Waals surface area contributed by atoms with E-state index >= 15 is 0 Å². The van der Waals surface area contributed by atoms with E-state index < -0.39 is 6.04 Å². The number of carbonyl (C=O) groups is 1. The first-order valence-electron chi connectivity index (χ1n) is 8.43. The van der Waals surface area contributed by atoms with Crippen molar-refractivity contribution >= 4 is 5.91 Å². The third-order valence-corrected chi connectivity index (χ3v) is 5.21. The fourth-order valence-electron chi connectivity index (χ4n) is 3.78. The lowest BCUT2D eigenvalue weighted by molar-refractivity contribution is -0.134. The predicted molar refractivity (Wildman–Crippen MR) is 86.2 cm³/mol. The van der Waals surface area contributed by atoms with Crippen LogP contribution in [0, 0.1) is 11.8 Å². The molecule has 4 nitrogen and oxygen atoms in total. The molecular weight excluding hydrogens is 276 g/mol. The summed E-state index contributed by atoms with van der Waals surface area (Å²) in [5, 5.41) is 0. The van der Waals surface area contributed by atoms with Crippen LogP contribution < -0.4 is 5.73 Å². The molecule has 22 heavy (non-hydrogen) atoms. The van der Waals surface area contributed by atoms with Gasteiger partial charge in [-0.2, -0.15) is 0 Å². The summed E-state index contributed by atoms with van der Waals surface area (Å²) in [6, 6.07) is 9.13. The molecule has 3 rings (SSSR count).